The van der Waals surface area contributed by atoms with Crippen LogP contribution in [0.5, 0.6) is 0 Å². The van der Waals surface area contributed by atoms with Crippen LogP contribution in [-0.2, 0) is 19.4 Å². The van der Waals surface area contributed by atoms with Gasteiger partial charge in [-0.05, 0) is 36.5 Å². The number of anilines is 1. The normalized spacial score (nSPS) is 13.5. The minimum atomic E-state index is 0.713. The van der Waals surface area contributed by atoms with Gasteiger partial charge < -0.3 is 5.32 Å². The number of rotatable bonds is 3. The fourth-order valence-electron chi connectivity index (χ4n) is 3.55. The molecule has 5 rings (SSSR count). The van der Waals surface area contributed by atoms with Crippen molar-refractivity contribution in [1.82, 2.24) is 15.0 Å². The number of nitrogens with one attached hydrogen (secondary N) is 1. The molecule has 24 heavy (non-hydrogen) atoms. The Labute approximate surface area is 143 Å². The Kier molecular flexibility index (Phi) is 3.19. The molecule has 3 aromatic heterocycles. The van der Waals surface area contributed by atoms with E-state index < -0.39 is 0 Å². The lowest BCUT2D eigenvalue weighted by Crippen LogP contribution is -2.03. The quantitative estimate of drug-likeness (QED) is 0.606. The first-order valence-corrected chi connectivity index (χ1v) is 9.03. The molecule has 0 amide bonds. The van der Waals surface area contributed by atoms with Gasteiger partial charge in [0.1, 0.15) is 17.0 Å². The lowest BCUT2D eigenvalue weighted by molar-refractivity contribution is 0.917. The van der Waals surface area contributed by atoms with Gasteiger partial charge in [0.15, 0.2) is 0 Å². The van der Waals surface area contributed by atoms with E-state index in [9.17, 15) is 0 Å². The van der Waals surface area contributed by atoms with Crippen LogP contribution >= 0.6 is 11.3 Å². The van der Waals surface area contributed by atoms with Crippen LogP contribution in [0.3, 0.4) is 0 Å². The molecule has 0 radical (unpaired) electrons. The SMILES string of the molecule is c1cnc2c(CNc3ncnc4sc5c(c34)CCC5)cccc2c1. The van der Waals surface area contributed by atoms with Crippen LogP contribution in [0.1, 0.15) is 22.4 Å². The van der Waals surface area contributed by atoms with E-state index in [1.807, 2.05) is 23.6 Å². The average Bonchev–Trinajstić information content (AvgIpc) is 3.21. The first kappa shape index (κ1) is 13.9. The van der Waals surface area contributed by atoms with Crippen LogP contribution in [0.4, 0.5) is 5.82 Å². The number of pyridine rings is 1. The predicted molar refractivity (Wildman–Crippen MR) is 98.5 cm³/mol. The standard InChI is InChI=1S/C19H16N4S/c1-4-12-6-3-9-20-17(12)13(5-1)10-21-18-16-14-7-2-8-15(14)24-19(16)23-11-22-18/h1,3-6,9,11H,2,7-8,10H2,(H,21,22,23). The van der Waals surface area contributed by atoms with Crippen molar-refractivity contribution in [2.45, 2.75) is 25.8 Å². The van der Waals surface area contributed by atoms with Crippen LogP contribution < -0.4 is 5.32 Å². The molecule has 1 aliphatic rings. The van der Waals surface area contributed by atoms with Gasteiger partial charge in [-0.3, -0.25) is 4.98 Å². The summed E-state index contributed by atoms with van der Waals surface area (Å²) in [6, 6.07) is 10.4. The molecule has 1 aromatic carbocycles. The number of para-hydroxylation sites is 1. The topological polar surface area (TPSA) is 50.7 Å². The molecule has 0 saturated carbocycles. The van der Waals surface area contributed by atoms with E-state index in [-0.39, 0.29) is 0 Å². The van der Waals surface area contributed by atoms with Crippen molar-refractivity contribution < 1.29 is 0 Å². The van der Waals surface area contributed by atoms with E-state index in [0.717, 1.165) is 22.6 Å². The number of nitrogens with zero attached hydrogens (tertiary/aromatic N) is 3. The zero-order valence-corrected chi connectivity index (χ0v) is 13.9. The molecule has 3 heterocycles. The highest BCUT2D eigenvalue weighted by molar-refractivity contribution is 7.19. The molecule has 0 aliphatic heterocycles. The van der Waals surface area contributed by atoms with Crippen molar-refractivity contribution in [3.8, 4) is 0 Å². The van der Waals surface area contributed by atoms with E-state index in [2.05, 4.69) is 44.5 Å². The molecule has 1 aliphatic carbocycles. The predicted octanol–water partition coefficient (Wildman–Crippen LogP) is 4.34. The minimum absolute atomic E-state index is 0.713. The molecular weight excluding hydrogens is 316 g/mol. The number of hydrogen-bond acceptors (Lipinski definition) is 5. The van der Waals surface area contributed by atoms with Crippen molar-refractivity contribution in [3.05, 3.63) is 58.9 Å². The molecule has 0 unspecified atom stereocenters. The van der Waals surface area contributed by atoms with E-state index in [1.54, 1.807) is 6.33 Å². The summed E-state index contributed by atoms with van der Waals surface area (Å²) < 4.78 is 0. The summed E-state index contributed by atoms with van der Waals surface area (Å²) >= 11 is 1.82. The maximum absolute atomic E-state index is 4.53. The molecule has 5 heteroatoms. The molecule has 4 nitrogen and oxygen atoms in total. The molecular formula is C19H16N4S. The zero-order chi connectivity index (χ0) is 15.9. The molecule has 0 fully saturated rings. The highest BCUT2D eigenvalue weighted by Gasteiger charge is 2.21. The number of thiophene rings is 1. The van der Waals surface area contributed by atoms with E-state index in [1.165, 1.54) is 39.6 Å². The van der Waals surface area contributed by atoms with Crippen LogP contribution in [0.15, 0.2) is 42.9 Å². The fraction of sp³-hybridized carbons (Fsp3) is 0.211. The van der Waals surface area contributed by atoms with Crippen molar-refractivity contribution >= 4 is 38.3 Å². The van der Waals surface area contributed by atoms with E-state index >= 15 is 0 Å². The molecule has 0 bridgehead atoms. The van der Waals surface area contributed by atoms with Gasteiger partial charge >= 0.3 is 0 Å². The lowest BCUT2D eigenvalue weighted by Gasteiger charge is -2.09. The minimum Gasteiger partial charge on any atom is -0.365 e. The summed E-state index contributed by atoms with van der Waals surface area (Å²) in [6.07, 6.45) is 7.09. The third-order valence-electron chi connectivity index (χ3n) is 4.66. The van der Waals surface area contributed by atoms with Crippen molar-refractivity contribution in [2.75, 3.05) is 5.32 Å². The van der Waals surface area contributed by atoms with Crippen LogP contribution in [-0.4, -0.2) is 15.0 Å². The van der Waals surface area contributed by atoms with Crippen molar-refractivity contribution in [3.63, 3.8) is 0 Å². The number of fused-ring (bicyclic) bond motifs is 4. The Balaban J connectivity index is 1.53. The van der Waals surface area contributed by atoms with E-state index in [4.69, 9.17) is 0 Å². The summed E-state index contributed by atoms with van der Waals surface area (Å²) in [5, 5.41) is 5.92. The Hall–Kier alpha value is -2.53. The molecule has 4 aromatic rings. The Bertz CT molecular complexity index is 1050. The van der Waals surface area contributed by atoms with Gasteiger partial charge in [-0.2, -0.15) is 0 Å². The van der Waals surface area contributed by atoms with Gasteiger partial charge in [0.2, 0.25) is 0 Å². The highest BCUT2D eigenvalue weighted by Crippen LogP contribution is 2.39. The molecule has 0 spiro atoms. The van der Waals surface area contributed by atoms with Gasteiger partial charge in [0, 0.05) is 23.0 Å². The van der Waals surface area contributed by atoms with Crippen LogP contribution in [0.25, 0.3) is 21.1 Å². The maximum atomic E-state index is 4.53. The summed E-state index contributed by atoms with van der Waals surface area (Å²) in [5.74, 6) is 0.951. The lowest BCUT2D eigenvalue weighted by atomic mass is 10.1. The molecule has 1 N–H and O–H groups in total. The average molecular weight is 332 g/mol. The highest BCUT2D eigenvalue weighted by atomic mass is 32.1. The zero-order valence-electron chi connectivity index (χ0n) is 13.1. The Morgan fingerprint density at radius 1 is 1.04 bits per heavy atom. The van der Waals surface area contributed by atoms with Gasteiger partial charge in [-0.15, -0.1) is 11.3 Å². The first-order valence-electron chi connectivity index (χ1n) is 8.22. The maximum Gasteiger partial charge on any atom is 0.138 e. The second-order valence-corrected chi connectivity index (χ2v) is 7.19. The third-order valence-corrected chi connectivity index (χ3v) is 5.86. The second kappa shape index (κ2) is 5.53. The Morgan fingerprint density at radius 3 is 3.00 bits per heavy atom. The van der Waals surface area contributed by atoms with Gasteiger partial charge in [-0.1, -0.05) is 24.3 Å². The number of aryl methyl sites for hydroxylation is 2. The Morgan fingerprint density at radius 2 is 2.00 bits per heavy atom. The summed E-state index contributed by atoms with van der Waals surface area (Å²) in [6.45, 7) is 0.713. The number of hydrogen-bond donors (Lipinski definition) is 1. The van der Waals surface area contributed by atoms with Crippen LogP contribution in [0, 0.1) is 0 Å². The fourth-order valence-corrected chi connectivity index (χ4v) is 4.78. The molecule has 118 valence electrons. The van der Waals surface area contributed by atoms with Crippen LogP contribution in [0.2, 0.25) is 0 Å². The van der Waals surface area contributed by atoms with Crippen molar-refractivity contribution in [2.24, 2.45) is 0 Å². The number of aromatic nitrogens is 3. The molecule has 0 atom stereocenters. The second-order valence-electron chi connectivity index (χ2n) is 6.11. The summed E-state index contributed by atoms with van der Waals surface area (Å²) in [7, 11) is 0. The van der Waals surface area contributed by atoms with Gasteiger partial charge in [0.05, 0.1) is 10.9 Å². The summed E-state index contributed by atoms with van der Waals surface area (Å²) in [4.78, 5) is 16.1. The molecule has 0 saturated heterocycles. The smallest absolute Gasteiger partial charge is 0.138 e. The van der Waals surface area contributed by atoms with Gasteiger partial charge in [0.25, 0.3) is 0 Å². The van der Waals surface area contributed by atoms with Gasteiger partial charge in [-0.25, -0.2) is 9.97 Å². The third kappa shape index (κ3) is 2.16. The van der Waals surface area contributed by atoms with E-state index in [0.29, 0.717) is 6.54 Å². The number of benzene rings is 1. The monoisotopic (exact) mass is 332 g/mol. The largest absolute Gasteiger partial charge is 0.365 e. The summed E-state index contributed by atoms with van der Waals surface area (Å²) in [5.41, 5.74) is 3.69. The first-order chi connectivity index (χ1) is 11.9. The van der Waals surface area contributed by atoms with Crippen molar-refractivity contribution in [1.29, 1.82) is 0 Å².